The van der Waals surface area contributed by atoms with E-state index in [0.29, 0.717) is 16.0 Å². The highest BCUT2D eigenvalue weighted by molar-refractivity contribution is 7.18. The number of nitro groups is 1. The molecule has 0 saturated carbocycles. The van der Waals surface area contributed by atoms with Crippen molar-refractivity contribution in [3.05, 3.63) is 66.0 Å². The van der Waals surface area contributed by atoms with E-state index < -0.39 is 4.92 Å². The van der Waals surface area contributed by atoms with Crippen LogP contribution in [0, 0.1) is 10.1 Å². The lowest BCUT2D eigenvalue weighted by Crippen LogP contribution is -2.18. The van der Waals surface area contributed by atoms with Gasteiger partial charge in [0, 0.05) is 27.6 Å². The third kappa shape index (κ3) is 2.91. The molecule has 0 bridgehead atoms. The van der Waals surface area contributed by atoms with Crippen LogP contribution in [0.5, 0.6) is 0 Å². The fourth-order valence-electron chi connectivity index (χ4n) is 3.09. The van der Waals surface area contributed by atoms with Crippen LogP contribution >= 0.6 is 22.9 Å². The van der Waals surface area contributed by atoms with Gasteiger partial charge in [-0.25, -0.2) is 4.98 Å². The molecule has 132 valence electrons. The van der Waals surface area contributed by atoms with Gasteiger partial charge >= 0.3 is 0 Å². The van der Waals surface area contributed by atoms with Crippen molar-refractivity contribution in [1.82, 2.24) is 9.66 Å². The lowest BCUT2D eigenvalue weighted by Gasteiger charge is -2.09. The molecule has 0 spiro atoms. The van der Waals surface area contributed by atoms with Gasteiger partial charge in [-0.1, -0.05) is 11.6 Å². The maximum Gasteiger partial charge on any atom is 0.282 e. The van der Waals surface area contributed by atoms with Gasteiger partial charge in [-0.15, -0.1) is 11.3 Å². The minimum Gasteiger partial charge on any atom is -0.267 e. The number of thiophene rings is 1. The first-order valence-electron chi connectivity index (χ1n) is 8.05. The summed E-state index contributed by atoms with van der Waals surface area (Å²) in [6, 6.07) is 4.06. The van der Waals surface area contributed by atoms with E-state index in [1.807, 2.05) is 0 Å². The quantitative estimate of drug-likeness (QED) is 0.388. The second-order valence-electron chi connectivity index (χ2n) is 5.99. The molecule has 26 heavy (non-hydrogen) atoms. The van der Waals surface area contributed by atoms with Crippen molar-refractivity contribution in [2.24, 2.45) is 5.10 Å². The summed E-state index contributed by atoms with van der Waals surface area (Å²) in [5.41, 5.74) is 1.13. The molecule has 0 saturated heterocycles. The maximum absolute atomic E-state index is 12.8. The lowest BCUT2D eigenvalue weighted by molar-refractivity contribution is -0.384. The number of nitro benzene ring substituents is 1. The zero-order chi connectivity index (χ0) is 18.3. The number of halogens is 1. The highest BCUT2D eigenvalue weighted by atomic mass is 35.5. The summed E-state index contributed by atoms with van der Waals surface area (Å²) in [5.74, 6) is 0. The van der Waals surface area contributed by atoms with Gasteiger partial charge in [0.1, 0.15) is 11.2 Å². The molecule has 3 aromatic rings. The van der Waals surface area contributed by atoms with Crippen LogP contribution in [0.1, 0.15) is 28.8 Å². The SMILES string of the molecule is O=c1c2c3c(sc2ncn1N=Cc1cc([N+](=O)[O-])ccc1Cl)CCCC3. The summed E-state index contributed by atoms with van der Waals surface area (Å²) >= 11 is 7.64. The van der Waals surface area contributed by atoms with Gasteiger partial charge in [-0.2, -0.15) is 9.78 Å². The van der Waals surface area contributed by atoms with Crippen LogP contribution in [-0.2, 0) is 12.8 Å². The number of hydrogen-bond donors (Lipinski definition) is 0. The first-order valence-corrected chi connectivity index (χ1v) is 9.24. The minimum absolute atomic E-state index is 0.0938. The Hall–Kier alpha value is -2.58. The molecule has 0 radical (unpaired) electrons. The molecule has 1 aromatic carbocycles. The Morgan fingerprint density at radius 2 is 2.15 bits per heavy atom. The number of fused-ring (bicyclic) bond motifs is 3. The van der Waals surface area contributed by atoms with Gasteiger partial charge in [-0.3, -0.25) is 14.9 Å². The molecule has 2 heterocycles. The largest absolute Gasteiger partial charge is 0.282 e. The van der Waals surface area contributed by atoms with E-state index in [1.54, 1.807) is 11.3 Å². The zero-order valence-electron chi connectivity index (χ0n) is 13.5. The van der Waals surface area contributed by atoms with E-state index in [4.69, 9.17) is 11.6 Å². The minimum atomic E-state index is -0.509. The average molecular weight is 389 g/mol. The van der Waals surface area contributed by atoms with E-state index in [-0.39, 0.29) is 11.2 Å². The number of benzene rings is 1. The summed E-state index contributed by atoms with van der Waals surface area (Å²) in [5, 5.41) is 16.0. The Balaban J connectivity index is 1.77. The highest BCUT2D eigenvalue weighted by Crippen LogP contribution is 2.33. The lowest BCUT2D eigenvalue weighted by atomic mass is 9.97. The predicted octanol–water partition coefficient (Wildman–Crippen LogP) is 3.78. The summed E-state index contributed by atoms with van der Waals surface area (Å²) in [7, 11) is 0. The fraction of sp³-hybridized carbons (Fsp3) is 0.235. The second-order valence-corrected chi connectivity index (χ2v) is 7.48. The van der Waals surface area contributed by atoms with Gasteiger partial charge in [0.2, 0.25) is 0 Å². The summed E-state index contributed by atoms with van der Waals surface area (Å²) < 4.78 is 1.15. The van der Waals surface area contributed by atoms with E-state index in [1.165, 1.54) is 35.6 Å². The molecule has 0 unspecified atom stereocenters. The van der Waals surface area contributed by atoms with Crippen molar-refractivity contribution in [2.75, 3.05) is 0 Å². The third-order valence-electron chi connectivity index (χ3n) is 4.37. The Morgan fingerprint density at radius 1 is 1.35 bits per heavy atom. The number of aryl methyl sites for hydroxylation is 2. The van der Waals surface area contributed by atoms with Crippen molar-refractivity contribution < 1.29 is 4.92 Å². The number of nitrogens with zero attached hydrogens (tertiary/aromatic N) is 4. The van der Waals surface area contributed by atoms with E-state index in [9.17, 15) is 14.9 Å². The van der Waals surface area contributed by atoms with Crippen molar-refractivity contribution in [3.8, 4) is 0 Å². The molecule has 9 heteroatoms. The first-order chi connectivity index (χ1) is 12.5. The molecule has 1 aliphatic rings. The van der Waals surface area contributed by atoms with Crippen molar-refractivity contribution >= 4 is 45.1 Å². The average Bonchev–Trinajstić information content (AvgIpc) is 3.01. The smallest absolute Gasteiger partial charge is 0.267 e. The first kappa shape index (κ1) is 16.9. The molecule has 7 nitrogen and oxygen atoms in total. The second kappa shape index (κ2) is 6.62. The monoisotopic (exact) mass is 388 g/mol. The van der Waals surface area contributed by atoms with Crippen molar-refractivity contribution in [3.63, 3.8) is 0 Å². The zero-order valence-corrected chi connectivity index (χ0v) is 15.1. The standard InChI is InChI=1S/C17H13ClN4O3S/c18-13-6-5-11(22(24)25)7-10(13)8-20-21-9-19-16-15(17(21)23)12-3-1-2-4-14(12)26-16/h5-9H,1-4H2. The molecule has 0 atom stereocenters. The Bertz CT molecular complexity index is 1120. The fourth-order valence-corrected chi connectivity index (χ4v) is 4.47. The number of rotatable bonds is 3. The Labute approximate surface area is 156 Å². The van der Waals surface area contributed by atoms with Crippen molar-refractivity contribution in [2.45, 2.75) is 25.7 Å². The highest BCUT2D eigenvalue weighted by Gasteiger charge is 2.19. The summed E-state index contributed by atoms with van der Waals surface area (Å²) in [6.07, 6.45) is 6.79. The molecule has 1 aliphatic carbocycles. The predicted molar refractivity (Wildman–Crippen MR) is 102 cm³/mol. The molecule has 0 fully saturated rings. The number of non-ortho nitro benzene ring substituents is 1. The number of hydrogen-bond acceptors (Lipinski definition) is 6. The van der Waals surface area contributed by atoms with Gasteiger partial charge < -0.3 is 0 Å². The molecule has 0 aliphatic heterocycles. The molecular weight excluding hydrogens is 376 g/mol. The molecule has 0 N–H and O–H groups in total. The van der Waals surface area contributed by atoms with Gasteiger partial charge in [-0.05, 0) is 37.3 Å². The van der Waals surface area contributed by atoms with Crippen LogP contribution in [0.2, 0.25) is 5.02 Å². The van der Waals surface area contributed by atoms with E-state index >= 15 is 0 Å². The van der Waals surface area contributed by atoms with E-state index in [0.717, 1.165) is 40.8 Å². The summed E-state index contributed by atoms with van der Waals surface area (Å²) in [4.78, 5) is 29.5. The van der Waals surface area contributed by atoms with Crippen LogP contribution in [-0.4, -0.2) is 20.8 Å². The van der Waals surface area contributed by atoms with Crippen LogP contribution in [0.15, 0.2) is 34.4 Å². The van der Waals surface area contributed by atoms with E-state index in [2.05, 4.69) is 10.1 Å². The van der Waals surface area contributed by atoms with Crippen LogP contribution < -0.4 is 5.56 Å². The molecule has 4 rings (SSSR count). The molecule has 2 aromatic heterocycles. The van der Waals surface area contributed by atoms with Crippen LogP contribution in [0.25, 0.3) is 10.2 Å². The van der Waals surface area contributed by atoms with Gasteiger partial charge in [0.05, 0.1) is 16.5 Å². The van der Waals surface area contributed by atoms with Crippen molar-refractivity contribution in [1.29, 1.82) is 0 Å². The summed E-state index contributed by atoms with van der Waals surface area (Å²) in [6.45, 7) is 0. The Morgan fingerprint density at radius 3 is 2.96 bits per heavy atom. The van der Waals surface area contributed by atoms with Gasteiger partial charge in [0.15, 0.2) is 0 Å². The Kier molecular flexibility index (Phi) is 4.29. The van der Waals surface area contributed by atoms with Crippen LogP contribution in [0.4, 0.5) is 5.69 Å². The number of aromatic nitrogens is 2. The maximum atomic E-state index is 12.8. The molecular formula is C17H13ClN4O3S. The third-order valence-corrected chi connectivity index (χ3v) is 5.91. The van der Waals surface area contributed by atoms with Gasteiger partial charge in [0.25, 0.3) is 11.2 Å². The normalized spacial score (nSPS) is 14.0. The van der Waals surface area contributed by atoms with Crippen LogP contribution in [0.3, 0.4) is 0 Å². The topological polar surface area (TPSA) is 90.4 Å². The molecule has 0 amide bonds.